The summed E-state index contributed by atoms with van der Waals surface area (Å²) in [6, 6.07) is 0. The molecule has 4 aliphatic rings. The Morgan fingerprint density at radius 3 is 2.28 bits per heavy atom. The molecular weight excluding hydrogens is 682 g/mol. The fourth-order valence-electron chi connectivity index (χ4n) is 9.14. The van der Waals surface area contributed by atoms with E-state index in [1.165, 1.54) is 46.1 Å². The van der Waals surface area contributed by atoms with E-state index in [4.69, 9.17) is 14.2 Å². The number of fused-ring (bicyclic) bond motifs is 5. The van der Waals surface area contributed by atoms with Crippen LogP contribution in [0.2, 0.25) is 0 Å². The van der Waals surface area contributed by atoms with Crippen LogP contribution in [-0.4, -0.2) is 37.2 Å². The number of rotatable bonds is 6. The second-order valence-corrected chi connectivity index (χ2v) is 12.5. The van der Waals surface area contributed by atoms with Crippen LogP contribution in [0.5, 0.6) is 0 Å². The number of carbonyl (C=O) groups is 3. The maximum absolute atomic E-state index is 12.2. The van der Waals surface area contributed by atoms with Crippen molar-refractivity contribution in [2.45, 2.75) is 111 Å². The van der Waals surface area contributed by atoms with Gasteiger partial charge >= 0.3 is 17.9 Å². The van der Waals surface area contributed by atoms with Crippen molar-refractivity contribution in [1.82, 2.24) is 0 Å². The normalized spacial score (nSPS) is 40.5. The van der Waals surface area contributed by atoms with Gasteiger partial charge in [-0.3, -0.25) is 14.4 Å². The fraction of sp³-hybridized carbons (Fsp3) is 0.862. The van der Waals surface area contributed by atoms with E-state index in [9.17, 15) is 14.4 Å². The first-order valence-electron chi connectivity index (χ1n) is 13.8. The van der Waals surface area contributed by atoms with Crippen molar-refractivity contribution in [2.24, 2.45) is 40.4 Å². The number of methoxy groups -OCH3 is 1. The van der Waals surface area contributed by atoms with E-state index in [0.29, 0.717) is 36.0 Å². The molecule has 36 heavy (non-hydrogen) atoms. The summed E-state index contributed by atoms with van der Waals surface area (Å²) in [4.78, 5) is 35.6. The third-order valence-electron chi connectivity index (χ3n) is 10.7. The molecule has 0 amide bonds. The molecule has 0 aromatic rings. The molecule has 0 N–H and O–H groups in total. The molecule has 0 aromatic carbocycles. The average Bonchev–Trinajstić information content (AvgIpc) is 3.14. The van der Waals surface area contributed by atoms with Gasteiger partial charge in [-0.2, -0.15) is 5.41 Å². The Morgan fingerprint density at radius 1 is 0.944 bits per heavy atom. The Bertz CT molecular complexity index is 831. The van der Waals surface area contributed by atoms with Gasteiger partial charge in [0.15, 0.2) is 0 Å². The van der Waals surface area contributed by atoms with E-state index in [2.05, 4.69) is 20.8 Å². The third-order valence-corrected chi connectivity index (χ3v) is 10.7. The Morgan fingerprint density at radius 2 is 1.64 bits per heavy atom. The number of hydrogen-bond acceptors (Lipinski definition) is 6. The molecular formula is C29H45O6U-. The van der Waals surface area contributed by atoms with Gasteiger partial charge in [0.2, 0.25) is 0 Å². The third kappa shape index (κ3) is 5.58. The molecule has 4 aliphatic carbocycles. The number of esters is 3. The van der Waals surface area contributed by atoms with Crippen LogP contribution in [0, 0.1) is 77.5 Å². The monoisotopic (exact) mass is 727 g/mol. The van der Waals surface area contributed by atoms with Gasteiger partial charge in [-0.1, -0.05) is 39.5 Å². The Labute approximate surface area is 241 Å². The van der Waals surface area contributed by atoms with Crippen molar-refractivity contribution < 1.29 is 59.7 Å². The first-order valence-corrected chi connectivity index (χ1v) is 13.8. The minimum Gasteiger partial charge on any atom is -0.469 e. The molecule has 7 heteroatoms. The Kier molecular flexibility index (Phi) is 9.74. The molecule has 0 spiro atoms. The van der Waals surface area contributed by atoms with Gasteiger partial charge in [0.1, 0.15) is 0 Å². The zero-order valence-corrected chi connectivity index (χ0v) is 27.2. The minimum absolute atomic E-state index is 0. The summed E-state index contributed by atoms with van der Waals surface area (Å²) in [5.74, 6) is 3.35. The second kappa shape index (κ2) is 11.7. The molecule has 0 saturated heterocycles. The van der Waals surface area contributed by atoms with Crippen molar-refractivity contribution >= 4 is 17.9 Å². The van der Waals surface area contributed by atoms with Crippen LogP contribution in [0.15, 0.2) is 0 Å². The first-order chi connectivity index (χ1) is 16.5. The topological polar surface area (TPSA) is 78.9 Å². The summed E-state index contributed by atoms with van der Waals surface area (Å²) in [7, 11) is 1.46. The standard InChI is InChI=1S/C29H45O6.U/c1-17(7-10-26(32)33-6)22-8-9-23-27-24(12-14-29(22,23)5)28(4)13-11-21(34-18(2)30)15-20(28)16-25(27)35-19(3)31;/h17,21-25,27H,7-16H2,1-6H3;/q-1;/t17-,21-,22-,23+,24+,25-,27+,28+,29-;/m1./s1. The molecule has 0 unspecified atom stereocenters. The van der Waals surface area contributed by atoms with Crippen LogP contribution < -0.4 is 0 Å². The second-order valence-electron chi connectivity index (χ2n) is 12.5. The number of carbonyl (C=O) groups excluding carboxylic acids is 3. The van der Waals surface area contributed by atoms with E-state index in [1.54, 1.807) is 0 Å². The van der Waals surface area contributed by atoms with Crippen molar-refractivity contribution in [1.29, 1.82) is 0 Å². The summed E-state index contributed by atoms with van der Waals surface area (Å²) < 4.78 is 16.6. The van der Waals surface area contributed by atoms with E-state index in [1.807, 2.05) is 0 Å². The van der Waals surface area contributed by atoms with Gasteiger partial charge in [-0.15, -0.1) is 12.8 Å². The maximum atomic E-state index is 12.2. The van der Waals surface area contributed by atoms with Gasteiger partial charge in [-0.25, -0.2) is 0 Å². The molecule has 0 aromatic heterocycles. The first kappa shape index (κ1) is 30.0. The van der Waals surface area contributed by atoms with Crippen molar-refractivity contribution in [3.05, 3.63) is 5.92 Å². The SMILES string of the molecule is COC(=O)CC[C@@H](C)[C@H]1CC[C@H]2[C@@H]3[C@H](OC(C)=O)C[C-]4C[C@H](OC(C)=O)CC[C@]4(C)[C@H]3CC[C@]12C.[U]. The Balaban J connectivity index is 0.00000361. The van der Waals surface area contributed by atoms with E-state index in [0.717, 1.165) is 38.5 Å². The van der Waals surface area contributed by atoms with E-state index < -0.39 is 0 Å². The largest absolute Gasteiger partial charge is 0.469 e. The summed E-state index contributed by atoms with van der Waals surface area (Å²) in [5, 5.41) is 0. The van der Waals surface area contributed by atoms with Crippen LogP contribution in [0.1, 0.15) is 98.8 Å². The number of ether oxygens (including phenoxy) is 3. The molecule has 0 radical (unpaired) electrons. The van der Waals surface area contributed by atoms with Crippen molar-refractivity contribution in [3.63, 3.8) is 0 Å². The van der Waals surface area contributed by atoms with Crippen molar-refractivity contribution in [3.8, 4) is 0 Å². The van der Waals surface area contributed by atoms with Gasteiger partial charge in [0.25, 0.3) is 0 Å². The molecule has 0 bridgehead atoms. The maximum Gasteiger partial charge on any atom is 0.305 e. The average molecular weight is 728 g/mol. The summed E-state index contributed by atoms with van der Waals surface area (Å²) in [6.45, 7) is 10.2. The zero-order valence-electron chi connectivity index (χ0n) is 23.1. The van der Waals surface area contributed by atoms with Crippen molar-refractivity contribution in [2.75, 3.05) is 7.11 Å². The van der Waals surface area contributed by atoms with Gasteiger partial charge in [-0.05, 0) is 61.2 Å². The molecule has 202 valence electrons. The summed E-state index contributed by atoms with van der Waals surface area (Å²) in [5.41, 5.74) is 0.325. The molecule has 4 rings (SSSR count). The zero-order chi connectivity index (χ0) is 25.5. The number of hydrogen-bond donors (Lipinski definition) is 0. The van der Waals surface area contributed by atoms with Gasteiger partial charge < -0.3 is 20.1 Å². The van der Waals surface area contributed by atoms with Crippen LogP contribution >= 0.6 is 0 Å². The predicted octanol–water partition coefficient (Wildman–Crippen LogP) is 5.67. The molecule has 4 saturated carbocycles. The summed E-state index contributed by atoms with van der Waals surface area (Å²) >= 11 is 0. The predicted molar refractivity (Wildman–Crippen MR) is 132 cm³/mol. The van der Waals surface area contributed by atoms with Gasteiger partial charge in [0, 0.05) is 51.4 Å². The summed E-state index contributed by atoms with van der Waals surface area (Å²) in [6.07, 6.45) is 9.44. The fourth-order valence-corrected chi connectivity index (χ4v) is 9.14. The molecule has 0 aliphatic heterocycles. The van der Waals surface area contributed by atoms with E-state index in [-0.39, 0.29) is 72.1 Å². The van der Waals surface area contributed by atoms with Crippen LogP contribution in [0.25, 0.3) is 0 Å². The smallest absolute Gasteiger partial charge is 0.305 e. The van der Waals surface area contributed by atoms with Crippen LogP contribution in [0.3, 0.4) is 0 Å². The molecule has 4 fully saturated rings. The minimum atomic E-state index is -0.212. The van der Waals surface area contributed by atoms with Crippen LogP contribution in [-0.2, 0) is 28.6 Å². The quantitative estimate of drug-likeness (QED) is 0.200. The Hall–Kier alpha value is -0.538. The van der Waals surface area contributed by atoms with E-state index >= 15 is 0 Å². The molecule has 0 heterocycles. The molecule has 6 nitrogen and oxygen atoms in total. The van der Waals surface area contributed by atoms with Gasteiger partial charge in [0.05, 0.1) is 19.3 Å². The molecule has 9 atom stereocenters. The van der Waals surface area contributed by atoms with Crippen LogP contribution in [0.4, 0.5) is 0 Å².